The molecule has 1 aromatic rings. The SMILES string of the molecule is CCc1ccc(S(=O)(=O)N2CC3CNCC3C2(C)C)cc1. The number of aryl methyl sites for hydroxylation is 1. The summed E-state index contributed by atoms with van der Waals surface area (Å²) >= 11 is 0. The predicted molar refractivity (Wildman–Crippen MR) is 83.6 cm³/mol. The fourth-order valence-electron chi connectivity index (χ4n) is 3.82. The molecule has 1 aromatic carbocycles. The lowest BCUT2D eigenvalue weighted by molar-refractivity contribution is 0.233. The van der Waals surface area contributed by atoms with Crippen LogP contribution >= 0.6 is 0 Å². The third kappa shape index (κ3) is 2.31. The van der Waals surface area contributed by atoms with E-state index in [0.29, 0.717) is 23.3 Å². The van der Waals surface area contributed by atoms with Crippen molar-refractivity contribution in [2.45, 2.75) is 37.6 Å². The highest BCUT2D eigenvalue weighted by atomic mass is 32.2. The Bertz CT molecular complexity index is 622. The fraction of sp³-hybridized carbons (Fsp3) is 0.625. The van der Waals surface area contributed by atoms with Gasteiger partial charge in [-0.2, -0.15) is 4.31 Å². The minimum Gasteiger partial charge on any atom is -0.316 e. The van der Waals surface area contributed by atoms with Crippen LogP contribution in [0.3, 0.4) is 0 Å². The van der Waals surface area contributed by atoms with E-state index in [2.05, 4.69) is 26.1 Å². The molecule has 1 N–H and O–H groups in total. The maximum absolute atomic E-state index is 13.0. The van der Waals surface area contributed by atoms with Crippen LogP contribution in [0.4, 0.5) is 0 Å². The van der Waals surface area contributed by atoms with Gasteiger partial charge in [-0.05, 0) is 56.3 Å². The first-order chi connectivity index (χ1) is 9.87. The Labute approximate surface area is 127 Å². The topological polar surface area (TPSA) is 49.4 Å². The number of rotatable bonds is 3. The molecule has 4 nitrogen and oxygen atoms in total. The van der Waals surface area contributed by atoms with Crippen LogP contribution in [0.15, 0.2) is 29.2 Å². The van der Waals surface area contributed by atoms with Gasteiger partial charge in [0.2, 0.25) is 10.0 Å². The molecule has 0 bridgehead atoms. The highest BCUT2D eigenvalue weighted by Crippen LogP contribution is 2.43. The summed E-state index contributed by atoms with van der Waals surface area (Å²) in [5, 5.41) is 3.39. The highest BCUT2D eigenvalue weighted by Gasteiger charge is 2.53. The summed E-state index contributed by atoms with van der Waals surface area (Å²) in [5.41, 5.74) is 0.840. The van der Waals surface area contributed by atoms with Crippen molar-refractivity contribution in [1.82, 2.24) is 9.62 Å². The van der Waals surface area contributed by atoms with Crippen molar-refractivity contribution in [2.75, 3.05) is 19.6 Å². The van der Waals surface area contributed by atoms with E-state index >= 15 is 0 Å². The van der Waals surface area contributed by atoms with Crippen LogP contribution < -0.4 is 5.32 Å². The number of nitrogens with one attached hydrogen (secondary N) is 1. The summed E-state index contributed by atoms with van der Waals surface area (Å²) in [5.74, 6) is 0.840. The second kappa shape index (κ2) is 5.07. The molecule has 2 saturated heterocycles. The van der Waals surface area contributed by atoms with Crippen molar-refractivity contribution in [3.63, 3.8) is 0 Å². The third-order valence-electron chi connectivity index (χ3n) is 5.21. The standard InChI is InChI=1S/C16H24N2O2S/c1-4-12-5-7-14(8-6-12)21(19,20)18-11-13-9-17-10-15(13)16(18,2)3/h5-8,13,15,17H,4,9-11H2,1-3H3. The van der Waals surface area contributed by atoms with Gasteiger partial charge in [-0.15, -0.1) is 0 Å². The molecule has 2 aliphatic heterocycles. The zero-order valence-corrected chi connectivity index (χ0v) is 13.8. The van der Waals surface area contributed by atoms with E-state index in [4.69, 9.17) is 0 Å². The number of benzene rings is 1. The van der Waals surface area contributed by atoms with Gasteiger partial charge in [0.15, 0.2) is 0 Å². The van der Waals surface area contributed by atoms with Gasteiger partial charge >= 0.3 is 0 Å². The van der Waals surface area contributed by atoms with Crippen molar-refractivity contribution in [3.8, 4) is 0 Å². The van der Waals surface area contributed by atoms with Gasteiger partial charge in [0, 0.05) is 18.6 Å². The largest absolute Gasteiger partial charge is 0.316 e. The van der Waals surface area contributed by atoms with Crippen LogP contribution in [0.5, 0.6) is 0 Å². The minimum atomic E-state index is -3.41. The number of sulfonamides is 1. The number of fused-ring (bicyclic) bond motifs is 1. The average molecular weight is 308 g/mol. The van der Waals surface area contributed by atoms with E-state index in [1.165, 1.54) is 0 Å². The van der Waals surface area contributed by atoms with Gasteiger partial charge in [-0.3, -0.25) is 0 Å². The van der Waals surface area contributed by atoms with Crippen LogP contribution in [0.1, 0.15) is 26.3 Å². The summed E-state index contributed by atoms with van der Waals surface area (Å²) in [4.78, 5) is 0.417. The van der Waals surface area contributed by atoms with Crippen LogP contribution in [0.2, 0.25) is 0 Å². The first kappa shape index (κ1) is 15.0. The molecule has 0 amide bonds. The molecule has 0 radical (unpaired) electrons. The molecular weight excluding hydrogens is 284 g/mol. The molecule has 3 rings (SSSR count). The van der Waals surface area contributed by atoms with Crippen LogP contribution in [0, 0.1) is 11.8 Å². The Morgan fingerprint density at radius 2 is 1.90 bits per heavy atom. The average Bonchev–Trinajstić information content (AvgIpc) is 3.01. The lowest BCUT2D eigenvalue weighted by Gasteiger charge is -2.34. The first-order valence-electron chi connectivity index (χ1n) is 7.70. The molecule has 2 atom stereocenters. The van der Waals surface area contributed by atoms with Gasteiger partial charge in [0.25, 0.3) is 0 Å². The molecule has 0 spiro atoms. The van der Waals surface area contributed by atoms with Crippen LogP contribution in [0.25, 0.3) is 0 Å². The van der Waals surface area contributed by atoms with Gasteiger partial charge < -0.3 is 5.32 Å². The molecule has 0 aliphatic carbocycles. The zero-order valence-electron chi connectivity index (χ0n) is 13.0. The molecule has 0 saturated carbocycles. The van der Waals surface area contributed by atoms with Crippen LogP contribution in [-0.4, -0.2) is 37.9 Å². The molecule has 2 unspecified atom stereocenters. The summed E-state index contributed by atoms with van der Waals surface area (Å²) < 4.78 is 27.7. The highest BCUT2D eigenvalue weighted by molar-refractivity contribution is 7.89. The lowest BCUT2D eigenvalue weighted by atomic mass is 9.85. The van der Waals surface area contributed by atoms with Gasteiger partial charge in [0.05, 0.1) is 4.90 Å². The van der Waals surface area contributed by atoms with Crippen molar-refractivity contribution >= 4 is 10.0 Å². The van der Waals surface area contributed by atoms with E-state index in [0.717, 1.165) is 25.1 Å². The van der Waals surface area contributed by atoms with Gasteiger partial charge in [0.1, 0.15) is 0 Å². The summed E-state index contributed by atoms with van der Waals surface area (Å²) in [6.45, 7) is 8.66. The maximum atomic E-state index is 13.0. The summed E-state index contributed by atoms with van der Waals surface area (Å²) in [6.07, 6.45) is 0.922. The Hall–Kier alpha value is -0.910. The quantitative estimate of drug-likeness (QED) is 0.927. The van der Waals surface area contributed by atoms with Crippen molar-refractivity contribution in [1.29, 1.82) is 0 Å². The van der Waals surface area contributed by atoms with Crippen molar-refractivity contribution in [2.24, 2.45) is 11.8 Å². The van der Waals surface area contributed by atoms with Gasteiger partial charge in [-0.1, -0.05) is 19.1 Å². The van der Waals surface area contributed by atoms with Crippen LogP contribution in [-0.2, 0) is 16.4 Å². The Morgan fingerprint density at radius 1 is 1.24 bits per heavy atom. The molecule has 21 heavy (non-hydrogen) atoms. The molecule has 2 aliphatic rings. The second-order valence-electron chi connectivity index (χ2n) is 6.71. The van der Waals surface area contributed by atoms with E-state index in [1.54, 1.807) is 16.4 Å². The monoisotopic (exact) mass is 308 g/mol. The molecule has 0 aromatic heterocycles. The Morgan fingerprint density at radius 3 is 2.48 bits per heavy atom. The summed E-state index contributed by atoms with van der Waals surface area (Å²) in [7, 11) is -3.41. The normalized spacial score (nSPS) is 28.7. The van der Waals surface area contributed by atoms with E-state index in [9.17, 15) is 8.42 Å². The van der Waals surface area contributed by atoms with E-state index < -0.39 is 10.0 Å². The fourth-order valence-corrected chi connectivity index (χ4v) is 5.69. The smallest absolute Gasteiger partial charge is 0.243 e. The Balaban J connectivity index is 1.94. The molecule has 2 heterocycles. The molecule has 116 valence electrons. The third-order valence-corrected chi connectivity index (χ3v) is 7.28. The van der Waals surface area contributed by atoms with E-state index in [1.807, 2.05) is 12.1 Å². The molecule has 2 fully saturated rings. The predicted octanol–water partition coefficient (Wildman–Crippen LogP) is 1.87. The first-order valence-corrected chi connectivity index (χ1v) is 9.14. The van der Waals surface area contributed by atoms with Crippen molar-refractivity contribution < 1.29 is 8.42 Å². The minimum absolute atomic E-state index is 0.323. The molecular formula is C16H24N2O2S. The number of nitrogens with zero attached hydrogens (tertiary/aromatic N) is 1. The van der Waals surface area contributed by atoms with Crippen molar-refractivity contribution in [3.05, 3.63) is 29.8 Å². The van der Waals surface area contributed by atoms with E-state index in [-0.39, 0.29) is 5.54 Å². The number of hydrogen-bond donors (Lipinski definition) is 1. The van der Waals surface area contributed by atoms with Gasteiger partial charge in [-0.25, -0.2) is 8.42 Å². The zero-order chi connectivity index (χ0) is 15.3. The second-order valence-corrected chi connectivity index (χ2v) is 8.57. The maximum Gasteiger partial charge on any atom is 0.243 e. The number of hydrogen-bond acceptors (Lipinski definition) is 3. The lowest BCUT2D eigenvalue weighted by Crippen LogP contribution is -2.47. The summed E-state index contributed by atoms with van der Waals surface area (Å²) in [6, 6.07) is 7.32. The Kier molecular flexibility index (Phi) is 3.62. The molecule has 5 heteroatoms.